The van der Waals surface area contributed by atoms with Gasteiger partial charge in [0.05, 0.1) is 5.60 Å². The van der Waals surface area contributed by atoms with Gasteiger partial charge >= 0.3 is 5.97 Å². The molecular formula is C21H28O4. The van der Waals surface area contributed by atoms with E-state index in [-0.39, 0.29) is 22.7 Å². The van der Waals surface area contributed by atoms with E-state index in [1.807, 2.05) is 12.2 Å². The fraction of sp³-hybridized carbons (Fsp3) is 0.714. The Kier molecular flexibility index (Phi) is 3.60. The number of ketones is 1. The first-order valence-electron chi connectivity index (χ1n) is 9.56. The molecule has 4 rings (SSSR count). The predicted molar refractivity (Wildman–Crippen MR) is 93.4 cm³/mol. The minimum atomic E-state index is -0.774. The molecule has 0 radical (unpaired) electrons. The topological polar surface area (TPSA) is 63.6 Å². The van der Waals surface area contributed by atoms with Crippen LogP contribution in [0.3, 0.4) is 0 Å². The Labute approximate surface area is 149 Å². The molecule has 136 valence electrons. The molecular weight excluding hydrogens is 316 g/mol. The van der Waals surface area contributed by atoms with Gasteiger partial charge in [-0.1, -0.05) is 19.4 Å². The van der Waals surface area contributed by atoms with Crippen LogP contribution in [-0.2, 0) is 14.3 Å². The Bertz CT molecular complexity index is 705. The van der Waals surface area contributed by atoms with Crippen molar-refractivity contribution in [3.8, 4) is 0 Å². The minimum absolute atomic E-state index is 0.184. The van der Waals surface area contributed by atoms with E-state index in [2.05, 4.69) is 13.8 Å². The number of carbonyl (C=O) groups excluding carboxylic acids is 2. The molecule has 0 aromatic carbocycles. The third-order valence-electron chi connectivity index (χ3n) is 7.94. The summed E-state index contributed by atoms with van der Waals surface area (Å²) in [6.45, 7) is 5.70. The molecule has 4 aliphatic rings. The first-order chi connectivity index (χ1) is 11.7. The number of Topliss-reactive ketones (excluding diaryl/α,β-unsaturated/α-hetero) is 1. The Morgan fingerprint density at radius 1 is 1.20 bits per heavy atom. The van der Waals surface area contributed by atoms with E-state index in [0.29, 0.717) is 36.7 Å². The fourth-order valence-corrected chi connectivity index (χ4v) is 6.34. The van der Waals surface area contributed by atoms with Gasteiger partial charge in [0.2, 0.25) is 0 Å². The van der Waals surface area contributed by atoms with Crippen molar-refractivity contribution in [2.75, 3.05) is 0 Å². The SMILES string of the molecule is CC(=O)OC1=CCC2(C)C(=C1)CCC1C3CCC(=O)C3(C)CCC12O. The molecule has 0 aromatic heterocycles. The molecule has 3 fully saturated rings. The van der Waals surface area contributed by atoms with Crippen molar-refractivity contribution in [1.29, 1.82) is 0 Å². The van der Waals surface area contributed by atoms with Crippen molar-refractivity contribution in [2.45, 2.75) is 71.3 Å². The molecule has 0 bridgehead atoms. The molecule has 0 heterocycles. The second-order valence-electron chi connectivity index (χ2n) is 8.96. The van der Waals surface area contributed by atoms with Crippen LogP contribution in [0.2, 0.25) is 0 Å². The van der Waals surface area contributed by atoms with E-state index in [1.165, 1.54) is 12.5 Å². The highest BCUT2D eigenvalue weighted by atomic mass is 16.5. The van der Waals surface area contributed by atoms with Gasteiger partial charge in [-0.05, 0) is 62.5 Å². The van der Waals surface area contributed by atoms with Crippen LogP contribution in [0.1, 0.15) is 65.7 Å². The van der Waals surface area contributed by atoms with Gasteiger partial charge < -0.3 is 9.84 Å². The number of allylic oxidation sites excluding steroid dienone is 2. The molecule has 0 spiro atoms. The van der Waals surface area contributed by atoms with E-state index in [9.17, 15) is 14.7 Å². The molecule has 4 nitrogen and oxygen atoms in total. The summed E-state index contributed by atoms with van der Waals surface area (Å²) in [5.74, 6) is 1.18. The Balaban J connectivity index is 1.68. The summed E-state index contributed by atoms with van der Waals surface area (Å²) in [6, 6.07) is 0. The molecule has 25 heavy (non-hydrogen) atoms. The van der Waals surface area contributed by atoms with Crippen LogP contribution >= 0.6 is 0 Å². The van der Waals surface area contributed by atoms with E-state index in [0.717, 1.165) is 25.7 Å². The second-order valence-corrected chi connectivity index (χ2v) is 8.96. The summed E-state index contributed by atoms with van der Waals surface area (Å²) in [5, 5.41) is 11.9. The maximum absolute atomic E-state index is 12.5. The molecule has 0 saturated heterocycles. The molecule has 3 saturated carbocycles. The monoisotopic (exact) mass is 344 g/mol. The molecule has 5 atom stereocenters. The van der Waals surface area contributed by atoms with Crippen molar-refractivity contribution < 1.29 is 19.4 Å². The number of fused-ring (bicyclic) bond motifs is 5. The van der Waals surface area contributed by atoms with Crippen LogP contribution < -0.4 is 0 Å². The number of aliphatic hydroxyl groups is 1. The Morgan fingerprint density at radius 3 is 2.64 bits per heavy atom. The van der Waals surface area contributed by atoms with Crippen molar-refractivity contribution in [1.82, 2.24) is 0 Å². The van der Waals surface area contributed by atoms with Crippen LogP contribution in [0.4, 0.5) is 0 Å². The fourth-order valence-electron chi connectivity index (χ4n) is 6.34. The second kappa shape index (κ2) is 5.29. The largest absolute Gasteiger partial charge is 0.427 e. The summed E-state index contributed by atoms with van der Waals surface area (Å²) in [6.07, 6.45) is 9.47. The zero-order valence-corrected chi connectivity index (χ0v) is 15.4. The highest BCUT2D eigenvalue weighted by Crippen LogP contribution is 2.66. The van der Waals surface area contributed by atoms with Crippen molar-refractivity contribution in [3.63, 3.8) is 0 Å². The zero-order valence-electron chi connectivity index (χ0n) is 15.4. The maximum Gasteiger partial charge on any atom is 0.308 e. The lowest BCUT2D eigenvalue weighted by molar-refractivity contribution is -0.184. The van der Waals surface area contributed by atoms with Crippen LogP contribution in [-0.4, -0.2) is 22.5 Å². The minimum Gasteiger partial charge on any atom is -0.427 e. The first kappa shape index (κ1) is 17.0. The van der Waals surface area contributed by atoms with Gasteiger partial charge in [0.25, 0.3) is 0 Å². The van der Waals surface area contributed by atoms with Crippen LogP contribution in [0.5, 0.6) is 0 Å². The third-order valence-corrected chi connectivity index (χ3v) is 7.94. The van der Waals surface area contributed by atoms with Crippen LogP contribution in [0, 0.1) is 22.7 Å². The number of carbonyl (C=O) groups is 2. The van der Waals surface area contributed by atoms with Gasteiger partial charge in [0, 0.05) is 24.2 Å². The van der Waals surface area contributed by atoms with Gasteiger partial charge in [0.1, 0.15) is 11.5 Å². The van der Waals surface area contributed by atoms with E-state index in [1.54, 1.807) is 0 Å². The molecule has 0 amide bonds. The molecule has 4 aliphatic carbocycles. The maximum atomic E-state index is 12.5. The highest BCUT2D eigenvalue weighted by molar-refractivity contribution is 5.87. The summed E-state index contributed by atoms with van der Waals surface area (Å²) in [7, 11) is 0. The van der Waals surface area contributed by atoms with Gasteiger partial charge in [0.15, 0.2) is 0 Å². The van der Waals surface area contributed by atoms with Gasteiger partial charge in [-0.2, -0.15) is 0 Å². The van der Waals surface area contributed by atoms with Gasteiger partial charge in [-0.25, -0.2) is 0 Å². The molecule has 0 aliphatic heterocycles. The number of rotatable bonds is 1. The molecule has 1 N–H and O–H groups in total. The van der Waals surface area contributed by atoms with Crippen LogP contribution in [0.25, 0.3) is 0 Å². The standard InChI is InChI=1S/C21H28O4/c1-13(22)25-15-8-9-20(3)14(12-15)4-5-17-16-6-7-18(23)19(16,2)10-11-21(17,20)24/h8,12,16-17,24H,4-7,9-11H2,1-3H3. The molecule has 4 heteroatoms. The smallest absolute Gasteiger partial charge is 0.308 e. The highest BCUT2D eigenvalue weighted by Gasteiger charge is 2.65. The lowest BCUT2D eigenvalue weighted by Crippen LogP contribution is -2.62. The lowest BCUT2D eigenvalue weighted by atomic mass is 9.45. The normalized spacial score (nSPS) is 45.7. The predicted octanol–water partition coefficient (Wildman–Crippen LogP) is 3.69. The summed E-state index contributed by atoms with van der Waals surface area (Å²) in [5.41, 5.74) is -0.142. The quantitative estimate of drug-likeness (QED) is 0.737. The Hall–Kier alpha value is -1.42. The van der Waals surface area contributed by atoms with Crippen molar-refractivity contribution in [3.05, 3.63) is 23.5 Å². The van der Waals surface area contributed by atoms with Crippen molar-refractivity contribution in [2.24, 2.45) is 22.7 Å². The molecule has 5 unspecified atom stereocenters. The lowest BCUT2D eigenvalue weighted by Gasteiger charge is -2.61. The number of ether oxygens (including phenoxy) is 1. The zero-order chi connectivity index (χ0) is 18.0. The number of hydrogen-bond acceptors (Lipinski definition) is 4. The summed E-state index contributed by atoms with van der Waals surface area (Å²) in [4.78, 5) is 23.7. The van der Waals surface area contributed by atoms with Gasteiger partial charge in [-0.15, -0.1) is 0 Å². The van der Waals surface area contributed by atoms with E-state index in [4.69, 9.17) is 4.74 Å². The van der Waals surface area contributed by atoms with E-state index >= 15 is 0 Å². The van der Waals surface area contributed by atoms with Crippen molar-refractivity contribution >= 4 is 11.8 Å². The number of esters is 1. The molecule has 0 aromatic rings. The first-order valence-corrected chi connectivity index (χ1v) is 9.56. The third kappa shape index (κ3) is 2.16. The van der Waals surface area contributed by atoms with Gasteiger partial charge in [-0.3, -0.25) is 9.59 Å². The average Bonchev–Trinajstić information content (AvgIpc) is 2.84. The van der Waals surface area contributed by atoms with E-state index < -0.39 is 5.60 Å². The summed E-state index contributed by atoms with van der Waals surface area (Å²) >= 11 is 0. The summed E-state index contributed by atoms with van der Waals surface area (Å²) < 4.78 is 5.27. The van der Waals surface area contributed by atoms with Crippen LogP contribution in [0.15, 0.2) is 23.5 Å². The number of hydrogen-bond donors (Lipinski definition) is 1. The Morgan fingerprint density at radius 2 is 1.92 bits per heavy atom. The average molecular weight is 344 g/mol.